The Morgan fingerprint density at radius 1 is 1.61 bits per heavy atom. The highest BCUT2D eigenvalue weighted by molar-refractivity contribution is 5.82. The number of carbonyl (C=O) groups excluding carboxylic acids is 1. The Morgan fingerprint density at radius 3 is 3.06 bits per heavy atom. The predicted molar refractivity (Wildman–Crippen MR) is 66.9 cm³/mol. The Balaban J connectivity index is 2.08. The second kappa shape index (κ2) is 5.48. The van der Waals surface area contributed by atoms with Crippen molar-refractivity contribution >= 4 is 5.91 Å². The summed E-state index contributed by atoms with van der Waals surface area (Å²) in [5.74, 6) is -0.308. The normalized spacial score (nSPS) is 23.5. The summed E-state index contributed by atoms with van der Waals surface area (Å²) in [6.07, 6.45) is -0.0400. The van der Waals surface area contributed by atoms with Crippen molar-refractivity contribution in [1.29, 1.82) is 0 Å². The minimum absolute atomic E-state index is 0.163. The molecule has 0 fully saturated rings. The number of carbonyl (C=O) groups is 1. The summed E-state index contributed by atoms with van der Waals surface area (Å²) in [5, 5.41) is 12.8. The number of benzene rings is 1. The van der Waals surface area contributed by atoms with Gasteiger partial charge in [-0.2, -0.15) is 0 Å². The van der Waals surface area contributed by atoms with Crippen LogP contribution in [0.3, 0.4) is 0 Å². The maximum atomic E-state index is 11.8. The van der Waals surface area contributed by atoms with Crippen molar-refractivity contribution in [2.75, 3.05) is 13.7 Å². The van der Waals surface area contributed by atoms with Crippen LogP contribution < -0.4 is 11.1 Å². The van der Waals surface area contributed by atoms with Crippen molar-refractivity contribution in [2.45, 2.75) is 24.6 Å². The molecule has 2 rings (SSSR count). The van der Waals surface area contributed by atoms with E-state index in [4.69, 9.17) is 10.5 Å². The predicted octanol–water partition coefficient (Wildman–Crippen LogP) is -0.265. The van der Waals surface area contributed by atoms with E-state index in [1.165, 1.54) is 7.11 Å². The average Bonchev–Trinajstić information content (AvgIpc) is 2.66. The molecule has 5 nitrogen and oxygen atoms in total. The van der Waals surface area contributed by atoms with Gasteiger partial charge in [-0.05, 0) is 11.1 Å². The first-order valence-corrected chi connectivity index (χ1v) is 5.94. The van der Waals surface area contributed by atoms with Crippen LogP contribution in [0.5, 0.6) is 0 Å². The van der Waals surface area contributed by atoms with Crippen LogP contribution in [0.15, 0.2) is 24.3 Å². The van der Waals surface area contributed by atoms with Crippen molar-refractivity contribution in [3.05, 3.63) is 35.4 Å². The van der Waals surface area contributed by atoms with Gasteiger partial charge in [0.25, 0.3) is 0 Å². The van der Waals surface area contributed by atoms with Crippen LogP contribution in [0.1, 0.15) is 17.2 Å². The first kappa shape index (κ1) is 13.0. The first-order chi connectivity index (χ1) is 8.63. The Kier molecular flexibility index (Phi) is 3.96. The van der Waals surface area contributed by atoms with E-state index in [9.17, 15) is 9.90 Å². The second-order valence-corrected chi connectivity index (χ2v) is 4.52. The number of nitrogens with two attached hydrogens (primary N) is 1. The molecule has 1 unspecified atom stereocenters. The number of hydrogen-bond donors (Lipinski definition) is 3. The van der Waals surface area contributed by atoms with E-state index in [-0.39, 0.29) is 18.6 Å². The van der Waals surface area contributed by atoms with Gasteiger partial charge in [0.05, 0.1) is 18.8 Å². The summed E-state index contributed by atoms with van der Waals surface area (Å²) < 4.78 is 4.84. The molecule has 1 amide bonds. The molecule has 5 heteroatoms. The first-order valence-electron chi connectivity index (χ1n) is 5.94. The lowest BCUT2D eigenvalue weighted by molar-refractivity contribution is -0.125. The zero-order valence-electron chi connectivity index (χ0n) is 10.3. The van der Waals surface area contributed by atoms with Crippen LogP contribution in [0, 0.1) is 0 Å². The average molecular weight is 250 g/mol. The van der Waals surface area contributed by atoms with E-state index in [0.717, 1.165) is 11.1 Å². The van der Waals surface area contributed by atoms with Crippen LogP contribution in [-0.2, 0) is 16.0 Å². The summed E-state index contributed by atoms with van der Waals surface area (Å²) in [6, 6.07) is 6.60. The molecule has 0 heterocycles. The standard InChI is InChI=1S/C13H18N2O3/c1-18-7-10(14)13(17)15-12-9-5-3-2-4-8(9)6-11(12)16/h2-5,10-12,16H,6-7,14H2,1H3,(H,15,17)/t10?,11-,12+/m0/s1. The molecule has 0 aliphatic heterocycles. The zero-order chi connectivity index (χ0) is 13.1. The maximum absolute atomic E-state index is 11.8. The fraction of sp³-hybridized carbons (Fsp3) is 0.462. The minimum Gasteiger partial charge on any atom is -0.390 e. The monoisotopic (exact) mass is 250 g/mol. The molecule has 0 spiro atoms. The van der Waals surface area contributed by atoms with Crippen molar-refractivity contribution in [3.8, 4) is 0 Å². The highest BCUT2D eigenvalue weighted by Gasteiger charge is 2.32. The number of rotatable bonds is 4. The van der Waals surface area contributed by atoms with Gasteiger partial charge < -0.3 is 20.9 Å². The highest BCUT2D eigenvalue weighted by Crippen LogP contribution is 2.31. The number of methoxy groups -OCH3 is 1. The summed E-state index contributed by atoms with van der Waals surface area (Å²) in [5.41, 5.74) is 7.68. The van der Waals surface area contributed by atoms with Gasteiger partial charge in [0.1, 0.15) is 6.04 Å². The number of hydrogen-bond acceptors (Lipinski definition) is 4. The van der Waals surface area contributed by atoms with Gasteiger partial charge in [-0.3, -0.25) is 4.79 Å². The molecule has 0 bridgehead atoms. The summed E-state index contributed by atoms with van der Waals surface area (Å²) in [7, 11) is 1.49. The Morgan fingerprint density at radius 2 is 2.33 bits per heavy atom. The minimum atomic E-state index is -0.713. The molecule has 1 aromatic carbocycles. The molecule has 0 saturated carbocycles. The number of amides is 1. The third-order valence-corrected chi connectivity index (χ3v) is 3.18. The second-order valence-electron chi connectivity index (χ2n) is 4.52. The Labute approximate surface area is 106 Å². The number of nitrogens with one attached hydrogen (secondary N) is 1. The maximum Gasteiger partial charge on any atom is 0.239 e. The molecule has 3 atom stereocenters. The summed E-state index contributed by atoms with van der Waals surface area (Å²) >= 11 is 0. The van der Waals surface area contributed by atoms with Gasteiger partial charge in [0.2, 0.25) is 5.91 Å². The van der Waals surface area contributed by atoms with Gasteiger partial charge >= 0.3 is 0 Å². The lowest BCUT2D eigenvalue weighted by Crippen LogP contribution is -2.46. The van der Waals surface area contributed by atoms with Crippen LogP contribution in [-0.4, -0.2) is 36.9 Å². The van der Waals surface area contributed by atoms with Gasteiger partial charge in [-0.15, -0.1) is 0 Å². The number of aliphatic hydroxyl groups is 1. The molecule has 1 aliphatic carbocycles. The number of fused-ring (bicyclic) bond motifs is 1. The van der Waals surface area contributed by atoms with Gasteiger partial charge in [0, 0.05) is 13.5 Å². The third-order valence-electron chi connectivity index (χ3n) is 3.18. The molecule has 0 radical (unpaired) electrons. The van der Waals surface area contributed by atoms with E-state index in [1.807, 2.05) is 24.3 Å². The molecular weight excluding hydrogens is 232 g/mol. The van der Waals surface area contributed by atoms with Gasteiger partial charge in [-0.1, -0.05) is 24.3 Å². The Hall–Kier alpha value is -1.43. The lowest BCUT2D eigenvalue weighted by atomic mass is 10.1. The topological polar surface area (TPSA) is 84.6 Å². The van der Waals surface area contributed by atoms with Gasteiger partial charge in [0.15, 0.2) is 0 Å². The van der Waals surface area contributed by atoms with Crippen LogP contribution in [0.2, 0.25) is 0 Å². The molecule has 1 aliphatic rings. The van der Waals surface area contributed by atoms with E-state index in [0.29, 0.717) is 6.42 Å². The van der Waals surface area contributed by atoms with E-state index >= 15 is 0 Å². The van der Waals surface area contributed by atoms with Crippen molar-refractivity contribution in [3.63, 3.8) is 0 Å². The molecule has 98 valence electrons. The molecule has 0 aromatic heterocycles. The fourth-order valence-corrected chi connectivity index (χ4v) is 2.26. The van der Waals surface area contributed by atoms with Crippen LogP contribution in [0.25, 0.3) is 0 Å². The van der Waals surface area contributed by atoms with Crippen LogP contribution in [0.4, 0.5) is 0 Å². The van der Waals surface area contributed by atoms with E-state index in [1.54, 1.807) is 0 Å². The molecule has 18 heavy (non-hydrogen) atoms. The Bertz CT molecular complexity index is 436. The smallest absolute Gasteiger partial charge is 0.239 e. The number of ether oxygens (including phenoxy) is 1. The lowest BCUT2D eigenvalue weighted by Gasteiger charge is -2.20. The number of aliphatic hydroxyl groups excluding tert-OH is 1. The van der Waals surface area contributed by atoms with Crippen molar-refractivity contribution < 1.29 is 14.6 Å². The SMILES string of the molecule is COCC(N)C(=O)N[C@@H]1c2ccccc2C[C@@H]1O. The fourth-order valence-electron chi connectivity index (χ4n) is 2.26. The third kappa shape index (κ3) is 2.53. The van der Waals surface area contributed by atoms with E-state index < -0.39 is 12.1 Å². The summed E-state index contributed by atoms with van der Waals surface area (Å²) in [6.45, 7) is 0.163. The highest BCUT2D eigenvalue weighted by atomic mass is 16.5. The van der Waals surface area contributed by atoms with Gasteiger partial charge in [-0.25, -0.2) is 0 Å². The van der Waals surface area contributed by atoms with Crippen molar-refractivity contribution in [2.24, 2.45) is 5.73 Å². The zero-order valence-corrected chi connectivity index (χ0v) is 10.3. The van der Waals surface area contributed by atoms with Crippen molar-refractivity contribution in [1.82, 2.24) is 5.32 Å². The molecule has 1 aromatic rings. The quantitative estimate of drug-likeness (QED) is 0.687. The molecular formula is C13H18N2O3. The molecule has 4 N–H and O–H groups in total. The van der Waals surface area contributed by atoms with Crippen LogP contribution >= 0.6 is 0 Å². The summed E-state index contributed by atoms with van der Waals surface area (Å²) in [4.78, 5) is 11.8. The van der Waals surface area contributed by atoms with E-state index in [2.05, 4.69) is 5.32 Å². The molecule has 0 saturated heterocycles. The largest absolute Gasteiger partial charge is 0.390 e.